The minimum atomic E-state index is -0.726. The Morgan fingerprint density at radius 1 is 1.30 bits per heavy atom. The Morgan fingerprint density at radius 2 is 2.15 bits per heavy atom. The van der Waals surface area contributed by atoms with E-state index in [-0.39, 0.29) is 64.1 Å². The molecule has 1 N–H and O–H groups in total. The molecule has 0 bridgehead atoms. The van der Waals surface area contributed by atoms with Crippen LogP contribution in [0.15, 0.2) is 24.3 Å². The molecule has 0 radical (unpaired) electrons. The first-order valence-corrected chi connectivity index (χ1v) is 7.24. The summed E-state index contributed by atoms with van der Waals surface area (Å²) in [5.41, 5.74) is 0.274. The van der Waals surface area contributed by atoms with Gasteiger partial charge in [-0.05, 0) is 30.0 Å². The first kappa shape index (κ1) is 17.1. The van der Waals surface area contributed by atoms with Crippen LogP contribution in [0.2, 0.25) is 0 Å². The fraction of sp³-hybridized carbons (Fsp3) is 0.625. The molecule has 4 heteroatoms. The molecule has 2 aliphatic rings. The van der Waals surface area contributed by atoms with Gasteiger partial charge in [-0.3, -0.25) is 0 Å². The van der Waals surface area contributed by atoms with Crippen LogP contribution in [-0.2, 0) is 5.60 Å². The van der Waals surface area contributed by atoms with E-state index in [2.05, 4.69) is 5.32 Å². The van der Waals surface area contributed by atoms with Gasteiger partial charge in [0.25, 0.3) is 0 Å². The number of ether oxygens (including phenoxy) is 1. The maximum atomic E-state index is 11.3. The second-order valence-corrected chi connectivity index (χ2v) is 5.86. The van der Waals surface area contributed by atoms with Crippen molar-refractivity contribution in [2.24, 2.45) is 11.8 Å². The third-order valence-corrected chi connectivity index (χ3v) is 4.82. The topological polar surface area (TPSA) is 43.6 Å². The van der Waals surface area contributed by atoms with E-state index in [1.165, 1.54) is 12.8 Å². The number of hydrogen-bond acceptors (Lipinski definition) is 2. The number of methoxy groups -OCH3 is 1. The molecular formula is C16H22NO2Rb. The maximum absolute atomic E-state index is 11.3. The molecule has 1 aliphatic carbocycles. The number of nitrogens with zero attached hydrogens (tertiary/aromatic N) is 1. The van der Waals surface area contributed by atoms with Crippen molar-refractivity contribution in [2.75, 3.05) is 20.2 Å². The van der Waals surface area contributed by atoms with Crippen molar-refractivity contribution in [3.63, 3.8) is 0 Å². The molecule has 2 unspecified atom stereocenters. The Labute approximate surface area is 170 Å². The molecule has 3 atom stereocenters. The fourth-order valence-corrected chi connectivity index (χ4v) is 3.73. The van der Waals surface area contributed by atoms with Crippen LogP contribution < -0.4 is 62.9 Å². The van der Waals surface area contributed by atoms with Crippen LogP contribution in [0, 0.1) is 11.8 Å². The molecule has 3 nitrogen and oxygen atoms in total. The summed E-state index contributed by atoms with van der Waals surface area (Å²) in [6.07, 6.45) is 4.36. The fourth-order valence-electron chi connectivity index (χ4n) is 3.73. The normalized spacial score (nSPS) is 32.9. The van der Waals surface area contributed by atoms with Crippen molar-refractivity contribution in [3.8, 4) is 5.75 Å². The van der Waals surface area contributed by atoms with Crippen LogP contribution in [0.25, 0.3) is 5.32 Å². The molecule has 1 aromatic carbocycles. The third kappa shape index (κ3) is 3.23. The van der Waals surface area contributed by atoms with Gasteiger partial charge in [-0.25, -0.2) is 0 Å². The van der Waals surface area contributed by atoms with Gasteiger partial charge in [0.15, 0.2) is 0 Å². The minimum Gasteiger partial charge on any atom is -0.662 e. The third-order valence-electron chi connectivity index (χ3n) is 4.82. The molecule has 20 heavy (non-hydrogen) atoms. The van der Waals surface area contributed by atoms with Gasteiger partial charge >= 0.3 is 58.2 Å². The monoisotopic (exact) mass is 345 g/mol. The molecule has 2 fully saturated rings. The summed E-state index contributed by atoms with van der Waals surface area (Å²) in [4.78, 5) is 0. The van der Waals surface area contributed by atoms with Crippen LogP contribution in [-0.4, -0.2) is 25.3 Å². The van der Waals surface area contributed by atoms with Gasteiger partial charge < -0.3 is 15.2 Å². The van der Waals surface area contributed by atoms with Gasteiger partial charge in [0, 0.05) is 0 Å². The smallest absolute Gasteiger partial charge is 0.662 e. The van der Waals surface area contributed by atoms with Gasteiger partial charge in [-0.1, -0.05) is 37.3 Å². The van der Waals surface area contributed by atoms with E-state index in [4.69, 9.17) is 4.74 Å². The Morgan fingerprint density at radius 3 is 2.95 bits per heavy atom. The number of fused-ring (bicyclic) bond motifs is 1. The van der Waals surface area contributed by atoms with E-state index >= 15 is 0 Å². The first-order valence-electron chi connectivity index (χ1n) is 7.24. The van der Waals surface area contributed by atoms with E-state index in [0.717, 1.165) is 37.2 Å². The van der Waals surface area contributed by atoms with Crippen molar-refractivity contribution in [1.29, 1.82) is 0 Å². The van der Waals surface area contributed by atoms with E-state index in [1.807, 2.05) is 24.3 Å². The summed E-state index contributed by atoms with van der Waals surface area (Å²) in [6, 6.07) is 7.92. The second kappa shape index (κ2) is 7.34. The Balaban J connectivity index is 0.00000147. The molecular weight excluding hydrogens is 324 g/mol. The van der Waals surface area contributed by atoms with Crippen LogP contribution >= 0.6 is 0 Å². The molecule has 1 saturated heterocycles. The Bertz CT molecular complexity index is 454. The van der Waals surface area contributed by atoms with Crippen LogP contribution in [0.4, 0.5) is 0 Å². The van der Waals surface area contributed by atoms with Crippen molar-refractivity contribution in [1.82, 2.24) is 0 Å². The largest absolute Gasteiger partial charge is 1.00 e. The van der Waals surface area contributed by atoms with Crippen molar-refractivity contribution < 1.29 is 68.0 Å². The Hall–Kier alpha value is 0.745. The molecule has 1 saturated carbocycles. The number of benzene rings is 1. The molecule has 0 spiro atoms. The number of hydrogen-bond donors (Lipinski definition) is 1. The van der Waals surface area contributed by atoms with Crippen molar-refractivity contribution >= 4 is 0 Å². The second-order valence-electron chi connectivity index (χ2n) is 5.86. The van der Waals surface area contributed by atoms with Gasteiger partial charge in [0.05, 0.1) is 12.7 Å². The summed E-state index contributed by atoms with van der Waals surface area (Å²) in [6.45, 7) is 1.73. The zero-order valence-electron chi connectivity index (χ0n) is 12.5. The van der Waals surface area contributed by atoms with Crippen LogP contribution in [0.5, 0.6) is 5.75 Å². The SMILES string of the molecule is COc1cccc([C@]2(O)CCCCC3C[N-]CC32)c1.[Rb+]. The average Bonchev–Trinajstić information content (AvgIpc) is 2.86. The van der Waals surface area contributed by atoms with E-state index < -0.39 is 5.60 Å². The zero-order valence-corrected chi connectivity index (χ0v) is 17.4. The van der Waals surface area contributed by atoms with E-state index in [0.29, 0.717) is 5.92 Å². The summed E-state index contributed by atoms with van der Waals surface area (Å²) in [7, 11) is 1.67. The molecule has 1 aliphatic heterocycles. The van der Waals surface area contributed by atoms with Crippen molar-refractivity contribution in [2.45, 2.75) is 31.3 Å². The summed E-state index contributed by atoms with van der Waals surface area (Å²) in [5, 5.41) is 15.8. The number of rotatable bonds is 2. The van der Waals surface area contributed by atoms with Gasteiger partial charge in [0.1, 0.15) is 5.75 Å². The maximum Gasteiger partial charge on any atom is 1.00 e. The van der Waals surface area contributed by atoms with Crippen LogP contribution in [0.3, 0.4) is 0 Å². The predicted molar refractivity (Wildman–Crippen MR) is 75.4 cm³/mol. The number of aliphatic hydroxyl groups is 1. The molecule has 1 aromatic rings. The molecule has 0 aromatic heterocycles. The van der Waals surface area contributed by atoms with Crippen molar-refractivity contribution in [3.05, 3.63) is 35.1 Å². The average molecular weight is 346 g/mol. The van der Waals surface area contributed by atoms with Gasteiger partial charge in [0.2, 0.25) is 0 Å². The predicted octanol–water partition coefficient (Wildman–Crippen LogP) is 0.0805. The quantitative estimate of drug-likeness (QED) is 0.825. The summed E-state index contributed by atoms with van der Waals surface area (Å²) in [5.74, 6) is 1.66. The molecule has 0 amide bonds. The summed E-state index contributed by atoms with van der Waals surface area (Å²) < 4.78 is 5.30. The van der Waals surface area contributed by atoms with E-state index in [1.54, 1.807) is 7.11 Å². The van der Waals surface area contributed by atoms with Crippen LogP contribution in [0.1, 0.15) is 31.2 Å². The van der Waals surface area contributed by atoms with Gasteiger partial charge in [-0.15, -0.1) is 13.1 Å². The zero-order chi connectivity index (χ0) is 13.3. The minimum absolute atomic E-state index is 0. The standard InChI is InChI=1S/C16H22NO2.Rb/c1-19-14-7-4-6-13(9-14)16(18)8-3-2-5-12-10-17-11-15(12)16;/h4,6-7,9,12,15,18H,2-3,5,8,10-11H2,1H3;/q-1;+1/t12?,15?,16-;/m1./s1. The molecule has 1 heterocycles. The van der Waals surface area contributed by atoms with E-state index in [9.17, 15) is 5.11 Å². The van der Waals surface area contributed by atoms with Gasteiger partial charge in [-0.2, -0.15) is 0 Å². The first-order chi connectivity index (χ1) is 9.24. The molecule has 104 valence electrons. The summed E-state index contributed by atoms with van der Waals surface area (Å²) >= 11 is 0. The molecule has 3 rings (SSSR count). The Kier molecular flexibility index (Phi) is 6.28.